The summed E-state index contributed by atoms with van der Waals surface area (Å²) in [5.74, 6) is 0.776. The Hall–Kier alpha value is -2.36. The van der Waals surface area contributed by atoms with E-state index in [1.165, 1.54) is 0 Å². The van der Waals surface area contributed by atoms with Crippen molar-refractivity contribution in [1.82, 2.24) is 4.98 Å². The van der Waals surface area contributed by atoms with Gasteiger partial charge in [0.15, 0.2) is 11.3 Å². The molecule has 1 N–H and O–H groups in total. The predicted molar refractivity (Wildman–Crippen MR) is 90.4 cm³/mol. The van der Waals surface area contributed by atoms with Gasteiger partial charge in [-0.25, -0.2) is 4.98 Å². The normalized spacial score (nSPS) is 12.3. The van der Waals surface area contributed by atoms with E-state index < -0.39 is 0 Å². The van der Waals surface area contributed by atoms with Crippen molar-refractivity contribution in [2.24, 2.45) is 4.99 Å². The van der Waals surface area contributed by atoms with Gasteiger partial charge in [-0.3, -0.25) is 4.99 Å². The summed E-state index contributed by atoms with van der Waals surface area (Å²) in [5.41, 5.74) is 5.88. The van der Waals surface area contributed by atoms with E-state index in [0.29, 0.717) is 0 Å². The van der Waals surface area contributed by atoms with Gasteiger partial charge < -0.3 is 9.73 Å². The standard InChI is InChI=1S/C18H21N3O/c1-5-19-13-7-12(4)18-17(9-13)22-16-10-14(20-6-2)11(3)8-15(16)21-18/h7-10,19H,5-6H2,1-4H3/b20-14-. The maximum absolute atomic E-state index is 6.09. The third kappa shape index (κ3) is 2.56. The number of hydrogen-bond acceptors (Lipinski definition) is 4. The van der Waals surface area contributed by atoms with Crippen LogP contribution in [0.15, 0.2) is 33.7 Å². The highest BCUT2D eigenvalue weighted by Crippen LogP contribution is 2.28. The van der Waals surface area contributed by atoms with Crippen molar-refractivity contribution >= 4 is 16.8 Å². The van der Waals surface area contributed by atoms with Gasteiger partial charge >= 0.3 is 0 Å². The van der Waals surface area contributed by atoms with Crippen molar-refractivity contribution in [1.29, 1.82) is 0 Å². The summed E-state index contributed by atoms with van der Waals surface area (Å²) < 4.78 is 6.09. The summed E-state index contributed by atoms with van der Waals surface area (Å²) in [5, 5.41) is 4.29. The Labute approximate surface area is 130 Å². The van der Waals surface area contributed by atoms with E-state index in [1.807, 2.05) is 25.1 Å². The molecule has 0 fully saturated rings. The molecule has 0 radical (unpaired) electrons. The fraction of sp³-hybridized carbons (Fsp3) is 0.333. The average Bonchev–Trinajstić information content (AvgIpc) is 2.47. The zero-order valence-corrected chi connectivity index (χ0v) is 13.5. The van der Waals surface area contributed by atoms with E-state index in [9.17, 15) is 0 Å². The van der Waals surface area contributed by atoms with Crippen LogP contribution in [0.2, 0.25) is 0 Å². The zero-order chi connectivity index (χ0) is 15.7. The quantitative estimate of drug-likeness (QED) is 0.745. The minimum Gasteiger partial charge on any atom is -0.453 e. The molecule has 22 heavy (non-hydrogen) atoms. The molecule has 0 spiro atoms. The van der Waals surface area contributed by atoms with Crippen molar-refractivity contribution in [2.75, 3.05) is 18.4 Å². The number of benzene rings is 2. The summed E-state index contributed by atoms with van der Waals surface area (Å²) >= 11 is 0. The summed E-state index contributed by atoms with van der Waals surface area (Å²) in [6.07, 6.45) is 0. The Bertz CT molecular complexity index is 864. The summed E-state index contributed by atoms with van der Waals surface area (Å²) in [6, 6.07) is 8.14. The molecule has 0 amide bonds. The number of nitrogens with one attached hydrogen (secondary N) is 1. The number of aromatic nitrogens is 1. The maximum atomic E-state index is 6.09. The number of fused-ring (bicyclic) bond motifs is 2. The molecule has 1 aromatic carbocycles. The Balaban J connectivity index is 2.30. The zero-order valence-electron chi connectivity index (χ0n) is 13.5. The molecular formula is C18H21N3O. The first-order chi connectivity index (χ1) is 10.6. The van der Waals surface area contributed by atoms with Gasteiger partial charge in [0, 0.05) is 30.9 Å². The summed E-state index contributed by atoms with van der Waals surface area (Å²) in [4.78, 5) is 9.28. The summed E-state index contributed by atoms with van der Waals surface area (Å²) in [6.45, 7) is 9.87. The van der Waals surface area contributed by atoms with Crippen LogP contribution in [0.3, 0.4) is 0 Å². The second-order valence-electron chi connectivity index (χ2n) is 5.46. The van der Waals surface area contributed by atoms with Gasteiger partial charge in [-0.05, 0) is 51.0 Å². The molecular weight excluding hydrogens is 274 g/mol. The van der Waals surface area contributed by atoms with E-state index in [2.05, 4.69) is 37.1 Å². The first kappa shape index (κ1) is 14.6. The third-order valence-corrected chi connectivity index (χ3v) is 3.70. The second-order valence-corrected chi connectivity index (χ2v) is 5.46. The molecule has 1 heterocycles. The number of nitrogens with zero attached hydrogens (tertiary/aromatic N) is 2. The minimum absolute atomic E-state index is 0.761. The van der Waals surface area contributed by atoms with Crippen molar-refractivity contribution in [3.8, 4) is 11.5 Å². The van der Waals surface area contributed by atoms with Crippen molar-refractivity contribution in [2.45, 2.75) is 27.7 Å². The lowest BCUT2D eigenvalue weighted by Gasteiger charge is -2.11. The van der Waals surface area contributed by atoms with Crippen molar-refractivity contribution in [3.63, 3.8) is 0 Å². The molecule has 0 saturated heterocycles. The van der Waals surface area contributed by atoms with Crippen LogP contribution in [0.5, 0.6) is 0 Å². The predicted octanol–water partition coefficient (Wildman–Crippen LogP) is 3.90. The Morgan fingerprint density at radius 3 is 2.64 bits per heavy atom. The average molecular weight is 295 g/mol. The van der Waals surface area contributed by atoms with Crippen LogP contribution < -0.4 is 10.7 Å². The molecule has 114 valence electrons. The first-order valence-electron chi connectivity index (χ1n) is 7.72. The molecule has 4 heteroatoms. The fourth-order valence-electron chi connectivity index (χ4n) is 2.69. The molecule has 0 aromatic heterocycles. The molecule has 0 bridgehead atoms. The first-order valence-corrected chi connectivity index (χ1v) is 7.72. The van der Waals surface area contributed by atoms with Gasteiger partial charge in [0.25, 0.3) is 0 Å². The third-order valence-electron chi connectivity index (χ3n) is 3.70. The topological polar surface area (TPSA) is 50.4 Å². The number of rotatable bonds is 3. The Morgan fingerprint density at radius 1 is 1.09 bits per heavy atom. The van der Waals surface area contributed by atoms with Gasteiger partial charge in [-0.15, -0.1) is 0 Å². The molecule has 2 aliphatic rings. The highest BCUT2D eigenvalue weighted by atomic mass is 16.3. The Morgan fingerprint density at radius 2 is 1.91 bits per heavy atom. The van der Waals surface area contributed by atoms with E-state index in [1.54, 1.807) is 0 Å². The Kier molecular flexibility index (Phi) is 3.84. The van der Waals surface area contributed by atoms with E-state index in [4.69, 9.17) is 9.40 Å². The van der Waals surface area contributed by atoms with Crippen LogP contribution in [0, 0.1) is 13.8 Å². The largest absolute Gasteiger partial charge is 0.453 e. The lowest BCUT2D eigenvalue weighted by Crippen LogP contribution is -2.09. The molecule has 1 aliphatic heterocycles. The minimum atomic E-state index is 0.761. The van der Waals surface area contributed by atoms with E-state index in [0.717, 1.165) is 57.8 Å². The lowest BCUT2D eigenvalue weighted by molar-refractivity contribution is 0.611. The van der Waals surface area contributed by atoms with Crippen molar-refractivity contribution < 1.29 is 4.42 Å². The van der Waals surface area contributed by atoms with Gasteiger partial charge in [0.1, 0.15) is 11.2 Å². The molecule has 0 unspecified atom stereocenters. The van der Waals surface area contributed by atoms with Gasteiger partial charge in [-0.2, -0.15) is 0 Å². The van der Waals surface area contributed by atoms with Crippen LogP contribution in [0.25, 0.3) is 22.6 Å². The van der Waals surface area contributed by atoms with E-state index in [-0.39, 0.29) is 0 Å². The van der Waals surface area contributed by atoms with Crippen LogP contribution in [-0.2, 0) is 0 Å². The van der Waals surface area contributed by atoms with E-state index >= 15 is 0 Å². The SMILES string of the molecule is CC/N=c1/cc2oc3cc(NCC)cc(C)c3nc-2cc1C. The number of hydrogen-bond donors (Lipinski definition) is 1. The van der Waals surface area contributed by atoms with Crippen molar-refractivity contribution in [3.05, 3.63) is 40.7 Å². The molecule has 0 saturated carbocycles. The summed E-state index contributed by atoms with van der Waals surface area (Å²) in [7, 11) is 0. The fourth-order valence-corrected chi connectivity index (χ4v) is 2.69. The highest BCUT2D eigenvalue weighted by Gasteiger charge is 2.12. The van der Waals surface area contributed by atoms with Gasteiger partial charge in [-0.1, -0.05) is 0 Å². The molecule has 4 nitrogen and oxygen atoms in total. The van der Waals surface area contributed by atoms with Crippen LogP contribution in [-0.4, -0.2) is 18.1 Å². The molecule has 1 aliphatic carbocycles. The van der Waals surface area contributed by atoms with Gasteiger partial charge in [0.05, 0.1) is 5.36 Å². The smallest absolute Gasteiger partial charge is 0.155 e. The molecule has 3 rings (SSSR count). The van der Waals surface area contributed by atoms with Crippen LogP contribution >= 0.6 is 0 Å². The monoisotopic (exact) mass is 295 g/mol. The van der Waals surface area contributed by atoms with Crippen LogP contribution in [0.1, 0.15) is 25.0 Å². The maximum Gasteiger partial charge on any atom is 0.155 e. The van der Waals surface area contributed by atoms with Crippen LogP contribution in [0.4, 0.5) is 5.69 Å². The lowest BCUT2D eigenvalue weighted by atomic mass is 10.1. The molecule has 1 aromatic rings. The molecule has 0 atom stereocenters. The highest BCUT2D eigenvalue weighted by molar-refractivity contribution is 5.83. The number of aryl methyl sites for hydroxylation is 2. The second kappa shape index (κ2) is 5.79. The van der Waals surface area contributed by atoms with Gasteiger partial charge in [0.2, 0.25) is 0 Å². The number of anilines is 1.